The molecule has 0 rings (SSSR count). The van der Waals surface area contributed by atoms with Crippen LogP contribution in [0, 0.1) is 0 Å². The van der Waals surface area contributed by atoms with Crippen molar-refractivity contribution in [3.05, 3.63) is 0 Å². The molecule has 0 bridgehead atoms. The first-order valence-electron chi connectivity index (χ1n) is 0.655. The summed E-state index contributed by atoms with van der Waals surface area (Å²) < 4.78 is 29.0. The van der Waals surface area contributed by atoms with Gasteiger partial charge in [0.05, 0.1) is 0 Å². The van der Waals surface area contributed by atoms with Gasteiger partial charge in [0, 0.05) is 0 Å². The fourth-order valence-electron chi connectivity index (χ4n) is 0. The summed E-state index contributed by atoms with van der Waals surface area (Å²) in [4.78, 5) is 0. The third-order valence-electron chi connectivity index (χ3n) is 0. The van der Waals surface area contributed by atoms with Crippen molar-refractivity contribution in [2.24, 2.45) is 0 Å². The predicted octanol–water partition coefficient (Wildman–Crippen LogP) is 0.262. The van der Waals surface area contributed by atoms with E-state index in [1.54, 1.807) is 0 Å². The summed E-state index contributed by atoms with van der Waals surface area (Å²) in [5.41, 5.74) is 0. The Bertz CT molecular complexity index is 11.6. The third-order valence-corrected chi connectivity index (χ3v) is 0. The van der Waals surface area contributed by atoms with Gasteiger partial charge in [-0.1, -0.05) is 0 Å². The molecule has 0 aliphatic heterocycles. The molecule has 0 fully saturated rings. The van der Waals surface area contributed by atoms with Crippen LogP contribution in [0.3, 0.4) is 0 Å². The van der Waals surface area contributed by atoms with E-state index in [2.05, 4.69) is 0 Å². The number of alkyl halides is 3. The van der Waals surface area contributed by atoms with E-state index in [9.17, 15) is 13.2 Å². The molecular formula is CH3CaF3. The van der Waals surface area contributed by atoms with E-state index in [0.29, 0.717) is 0 Å². The molecule has 0 aliphatic rings. The summed E-state index contributed by atoms with van der Waals surface area (Å²) in [7, 11) is 0. The van der Waals surface area contributed by atoms with Crippen molar-refractivity contribution >= 4 is 37.7 Å². The van der Waals surface area contributed by atoms with Gasteiger partial charge in [0.1, 0.15) is 0 Å². The van der Waals surface area contributed by atoms with Crippen LogP contribution < -0.4 is 0 Å². The molecule has 0 unspecified atom stereocenters. The molecular weight excluding hydrogens is 109 g/mol. The zero-order chi connectivity index (χ0) is 3.58. The Kier molecular flexibility index (Phi) is 9.50. The SMILES string of the molecule is FC(F)F.[CaH2]. The quantitative estimate of drug-likeness (QED) is 0.394. The van der Waals surface area contributed by atoms with Crippen molar-refractivity contribution in [1.82, 2.24) is 0 Å². The molecule has 0 saturated carbocycles. The van der Waals surface area contributed by atoms with Crippen LogP contribution >= 0.6 is 0 Å². The van der Waals surface area contributed by atoms with E-state index >= 15 is 0 Å². The summed E-state index contributed by atoms with van der Waals surface area (Å²) in [6, 6.07) is 0. The Labute approximate surface area is 57.4 Å². The Balaban J connectivity index is 0. The molecule has 30 valence electrons. The summed E-state index contributed by atoms with van der Waals surface area (Å²) in [5, 5.41) is 0. The van der Waals surface area contributed by atoms with Crippen LogP contribution in [-0.2, 0) is 0 Å². The van der Waals surface area contributed by atoms with Gasteiger partial charge in [-0.05, 0) is 0 Å². The van der Waals surface area contributed by atoms with E-state index < -0.39 is 6.68 Å². The number of halogens is 3. The summed E-state index contributed by atoms with van der Waals surface area (Å²) in [6.45, 7) is -3.67. The first-order chi connectivity index (χ1) is 1.73. The van der Waals surface area contributed by atoms with Gasteiger partial charge >= 0.3 is 44.4 Å². The average Bonchev–Trinajstić information content (AvgIpc) is 0.811. The van der Waals surface area contributed by atoms with Crippen molar-refractivity contribution in [2.75, 3.05) is 0 Å². The van der Waals surface area contributed by atoms with Crippen molar-refractivity contribution < 1.29 is 13.2 Å². The van der Waals surface area contributed by atoms with E-state index in [-0.39, 0.29) is 37.7 Å². The molecule has 0 atom stereocenters. The van der Waals surface area contributed by atoms with Gasteiger partial charge in [0.25, 0.3) is 0 Å². The Morgan fingerprint density at radius 2 is 1.00 bits per heavy atom. The monoisotopic (exact) mass is 112 g/mol. The van der Waals surface area contributed by atoms with E-state index in [0.717, 1.165) is 0 Å². The van der Waals surface area contributed by atoms with Gasteiger partial charge in [0.2, 0.25) is 0 Å². The molecule has 0 amide bonds. The van der Waals surface area contributed by atoms with E-state index in [1.165, 1.54) is 0 Å². The van der Waals surface area contributed by atoms with Crippen LogP contribution in [0.1, 0.15) is 0 Å². The van der Waals surface area contributed by atoms with Gasteiger partial charge in [-0.3, -0.25) is 0 Å². The maximum absolute atomic E-state index is 9.67. The van der Waals surface area contributed by atoms with Gasteiger partial charge in [0.15, 0.2) is 0 Å². The van der Waals surface area contributed by atoms with E-state index in [1.807, 2.05) is 0 Å². The van der Waals surface area contributed by atoms with Crippen LogP contribution in [0.2, 0.25) is 0 Å². The first-order valence-corrected chi connectivity index (χ1v) is 0.655. The number of hydrogen-bond acceptors (Lipinski definition) is 0. The molecule has 0 heterocycles. The Morgan fingerprint density at radius 1 is 1.00 bits per heavy atom. The number of rotatable bonds is 0. The predicted molar refractivity (Wildman–Crippen MR) is 15.7 cm³/mol. The van der Waals surface area contributed by atoms with Gasteiger partial charge in [-0.2, -0.15) is 13.2 Å². The van der Waals surface area contributed by atoms with E-state index in [4.69, 9.17) is 0 Å². The fourth-order valence-corrected chi connectivity index (χ4v) is 0. The molecule has 0 aromatic carbocycles. The first kappa shape index (κ1) is 9.41. The molecule has 4 heteroatoms. The normalized spacial score (nSPS) is 7.20. The second-order valence-corrected chi connectivity index (χ2v) is 0.247. The summed E-state index contributed by atoms with van der Waals surface area (Å²) >= 11 is 0. The maximum atomic E-state index is 9.67. The standard InChI is InChI=1S/CHF3.Ca.2H/c2-1(3)4;;;/h1H;;;. The molecule has 5 heavy (non-hydrogen) atoms. The fraction of sp³-hybridized carbons (Fsp3) is 1.00. The van der Waals surface area contributed by atoms with Gasteiger partial charge < -0.3 is 0 Å². The Morgan fingerprint density at radius 3 is 1.00 bits per heavy atom. The number of hydrogen-bond donors (Lipinski definition) is 0. The van der Waals surface area contributed by atoms with Gasteiger partial charge in [-0.15, -0.1) is 0 Å². The molecule has 0 spiro atoms. The zero-order valence-corrected chi connectivity index (χ0v) is 1.71. The van der Waals surface area contributed by atoms with Crippen LogP contribution in [0.15, 0.2) is 0 Å². The third kappa shape index (κ3) is 42.6. The van der Waals surface area contributed by atoms with Crippen molar-refractivity contribution in [2.45, 2.75) is 6.68 Å². The van der Waals surface area contributed by atoms with Crippen molar-refractivity contribution in [3.63, 3.8) is 0 Å². The van der Waals surface area contributed by atoms with Crippen LogP contribution in [0.5, 0.6) is 0 Å². The van der Waals surface area contributed by atoms with Crippen molar-refractivity contribution in [1.29, 1.82) is 0 Å². The topological polar surface area (TPSA) is 0 Å². The summed E-state index contributed by atoms with van der Waals surface area (Å²) in [6.07, 6.45) is 0. The zero-order valence-electron chi connectivity index (χ0n) is 1.71. The van der Waals surface area contributed by atoms with Gasteiger partial charge in [-0.25, -0.2) is 0 Å². The average molecular weight is 112 g/mol. The minimum absolute atomic E-state index is 0. The summed E-state index contributed by atoms with van der Waals surface area (Å²) in [5.74, 6) is 0. The van der Waals surface area contributed by atoms with Crippen LogP contribution in [0.25, 0.3) is 0 Å². The molecule has 0 aromatic rings. The molecule has 0 aromatic heterocycles. The van der Waals surface area contributed by atoms with Crippen LogP contribution in [-0.4, -0.2) is 44.4 Å². The molecule has 0 saturated heterocycles. The molecule has 0 radical (unpaired) electrons. The van der Waals surface area contributed by atoms with Crippen molar-refractivity contribution in [3.8, 4) is 0 Å². The Hall–Kier alpha value is 1.05. The van der Waals surface area contributed by atoms with Crippen LogP contribution in [0.4, 0.5) is 13.2 Å². The molecule has 0 nitrogen and oxygen atoms in total. The molecule has 0 aliphatic carbocycles. The minimum atomic E-state index is -3.67. The molecule has 0 N–H and O–H groups in total. The second-order valence-electron chi connectivity index (χ2n) is 0.247. The second kappa shape index (κ2) is 5.05.